The molecule has 1 aliphatic rings. The third kappa shape index (κ3) is 2.85. The number of amides is 1. The summed E-state index contributed by atoms with van der Waals surface area (Å²) in [5.41, 5.74) is 1.39. The number of hydrogen-bond acceptors (Lipinski definition) is 5. The Bertz CT molecular complexity index is 825. The van der Waals surface area contributed by atoms with Crippen LogP contribution in [0.3, 0.4) is 0 Å². The van der Waals surface area contributed by atoms with E-state index in [4.69, 9.17) is 4.52 Å². The Morgan fingerprint density at radius 1 is 1.38 bits per heavy atom. The van der Waals surface area contributed by atoms with Crippen LogP contribution in [0.15, 0.2) is 52.6 Å². The Morgan fingerprint density at radius 2 is 2.25 bits per heavy atom. The van der Waals surface area contributed by atoms with Crippen LogP contribution in [-0.4, -0.2) is 27.0 Å². The van der Waals surface area contributed by atoms with E-state index >= 15 is 0 Å². The quantitative estimate of drug-likeness (QED) is 0.700. The summed E-state index contributed by atoms with van der Waals surface area (Å²) in [5, 5.41) is 5.98. The molecule has 122 valence electrons. The van der Waals surface area contributed by atoms with E-state index in [1.54, 1.807) is 23.6 Å². The molecule has 0 radical (unpaired) electrons. The van der Waals surface area contributed by atoms with Crippen molar-refractivity contribution in [1.29, 1.82) is 0 Å². The van der Waals surface area contributed by atoms with Gasteiger partial charge in [0.15, 0.2) is 11.5 Å². The zero-order valence-corrected chi connectivity index (χ0v) is 14.1. The topological polar surface area (TPSA) is 59.2 Å². The minimum Gasteiger partial charge on any atom is -0.355 e. The summed E-state index contributed by atoms with van der Waals surface area (Å²) in [4.78, 5) is 20.1. The predicted molar refractivity (Wildman–Crippen MR) is 91.7 cm³/mol. The smallest absolute Gasteiger partial charge is 0.276 e. The van der Waals surface area contributed by atoms with Crippen molar-refractivity contribution in [3.05, 3.63) is 59.4 Å². The monoisotopic (exact) mass is 339 g/mol. The fourth-order valence-electron chi connectivity index (χ4n) is 2.84. The van der Waals surface area contributed by atoms with Crippen molar-refractivity contribution in [2.75, 3.05) is 0 Å². The van der Waals surface area contributed by atoms with Crippen LogP contribution < -0.4 is 0 Å². The molecule has 0 aromatic carbocycles. The second kappa shape index (κ2) is 6.20. The van der Waals surface area contributed by atoms with Crippen molar-refractivity contribution >= 4 is 17.2 Å². The molecule has 0 saturated heterocycles. The molecule has 3 aromatic heterocycles. The maximum atomic E-state index is 13.0. The number of thiophene rings is 1. The highest BCUT2D eigenvalue weighted by Crippen LogP contribution is 2.36. The Morgan fingerprint density at radius 3 is 2.92 bits per heavy atom. The number of carbonyl (C=O) groups excluding carboxylic acids is 1. The molecule has 0 N–H and O–H groups in total. The van der Waals surface area contributed by atoms with E-state index in [1.807, 2.05) is 47.7 Å². The summed E-state index contributed by atoms with van der Waals surface area (Å²) in [6.45, 7) is 2.04. The number of carbonyl (C=O) groups is 1. The first-order valence-corrected chi connectivity index (χ1v) is 8.85. The van der Waals surface area contributed by atoms with E-state index in [1.165, 1.54) is 0 Å². The molecule has 3 aromatic rings. The molecule has 24 heavy (non-hydrogen) atoms. The highest BCUT2D eigenvalue weighted by atomic mass is 32.1. The number of nitrogens with zero attached hydrogens (tertiary/aromatic N) is 3. The van der Waals surface area contributed by atoms with Crippen molar-refractivity contribution in [1.82, 2.24) is 15.0 Å². The van der Waals surface area contributed by atoms with E-state index in [0.717, 1.165) is 23.3 Å². The van der Waals surface area contributed by atoms with Crippen LogP contribution in [0.2, 0.25) is 0 Å². The average Bonchev–Trinajstić information content (AvgIpc) is 3.11. The SMILES string of the molecule is C[C@H](c1cccnc1)N(C(=O)c1cc(-c2cccs2)on1)C1CC1. The van der Waals surface area contributed by atoms with E-state index < -0.39 is 0 Å². The average molecular weight is 339 g/mol. The number of pyridine rings is 1. The van der Waals surface area contributed by atoms with Gasteiger partial charge in [-0.1, -0.05) is 17.3 Å². The molecule has 1 saturated carbocycles. The Hall–Kier alpha value is -2.47. The standard InChI is InChI=1S/C18H17N3O2S/c1-12(13-4-2-8-19-11-13)21(14-6-7-14)18(22)15-10-16(23-20-15)17-5-3-9-24-17/h2-5,8-12,14H,6-7H2,1H3/t12-/m1/s1. The van der Waals surface area contributed by atoms with Gasteiger partial charge < -0.3 is 9.42 Å². The van der Waals surface area contributed by atoms with Gasteiger partial charge in [-0.15, -0.1) is 11.3 Å². The molecule has 1 amide bonds. The fraction of sp³-hybridized carbons (Fsp3) is 0.278. The van der Waals surface area contributed by atoms with Crippen LogP contribution in [0.5, 0.6) is 0 Å². The van der Waals surface area contributed by atoms with Crippen molar-refractivity contribution in [2.45, 2.75) is 31.8 Å². The molecule has 0 bridgehead atoms. The van der Waals surface area contributed by atoms with E-state index in [0.29, 0.717) is 11.5 Å². The summed E-state index contributed by atoms with van der Waals surface area (Å²) in [5.74, 6) is 0.554. The summed E-state index contributed by atoms with van der Waals surface area (Å²) in [7, 11) is 0. The Labute approximate surface area is 143 Å². The lowest BCUT2D eigenvalue weighted by molar-refractivity contribution is 0.0663. The summed E-state index contributed by atoms with van der Waals surface area (Å²) < 4.78 is 5.37. The lowest BCUT2D eigenvalue weighted by Gasteiger charge is -2.28. The highest BCUT2D eigenvalue weighted by Gasteiger charge is 2.38. The van der Waals surface area contributed by atoms with E-state index in [9.17, 15) is 4.79 Å². The second-order valence-corrected chi connectivity index (χ2v) is 6.91. The van der Waals surface area contributed by atoms with Gasteiger partial charge in [-0.25, -0.2) is 0 Å². The molecule has 6 heteroatoms. The van der Waals surface area contributed by atoms with Gasteiger partial charge in [-0.05, 0) is 42.8 Å². The predicted octanol–water partition coefficient (Wildman–Crippen LogP) is 4.16. The maximum Gasteiger partial charge on any atom is 0.276 e. The molecule has 0 unspecified atom stereocenters. The van der Waals surface area contributed by atoms with Crippen LogP contribution in [0.4, 0.5) is 0 Å². The molecule has 1 aliphatic carbocycles. The molecule has 1 atom stereocenters. The lowest BCUT2D eigenvalue weighted by Crippen LogP contribution is -2.35. The van der Waals surface area contributed by atoms with Gasteiger partial charge >= 0.3 is 0 Å². The maximum absolute atomic E-state index is 13.0. The van der Waals surface area contributed by atoms with Gasteiger partial charge in [-0.3, -0.25) is 9.78 Å². The van der Waals surface area contributed by atoms with Crippen LogP contribution in [0, 0.1) is 0 Å². The molecule has 3 heterocycles. The fourth-order valence-corrected chi connectivity index (χ4v) is 3.51. The summed E-state index contributed by atoms with van der Waals surface area (Å²) in [6, 6.07) is 9.77. The largest absolute Gasteiger partial charge is 0.355 e. The zero-order valence-electron chi connectivity index (χ0n) is 13.3. The number of rotatable bonds is 5. The van der Waals surface area contributed by atoms with Crippen molar-refractivity contribution in [3.63, 3.8) is 0 Å². The molecule has 0 aliphatic heterocycles. The van der Waals surface area contributed by atoms with Gasteiger partial charge in [0.25, 0.3) is 5.91 Å². The first-order valence-electron chi connectivity index (χ1n) is 7.97. The molecular weight excluding hydrogens is 322 g/mol. The van der Waals surface area contributed by atoms with Crippen molar-refractivity contribution < 1.29 is 9.32 Å². The Balaban J connectivity index is 1.61. The molecule has 4 rings (SSSR count). The van der Waals surface area contributed by atoms with Gasteiger partial charge in [0.1, 0.15) is 0 Å². The van der Waals surface area contributed by atoms with Gasteiger partial charge in [-0.2, -0.15) is 0 Å². The molecule has 1 fully saturated rings. The van der Waals surface area contributed by atoms with E-state index in [-0.39, 0.29) is 18.0 Å². The van der Waals surface area contributed by atoms with Crippen LogP contribution in [-0.2, 0) is 0 Å². The second-order valence-electron chi connectivity index (χ2n) is 5.96. The number of aromatic nitrogens is 2. The Kier molecular flexibility index (Phi) is 3.90. The lowest BCUT2D eigenvalue weighted by atomic mass is 10.1. The highest BCUT2D eigenvalue weighted by molar-refractivity contribution is 7.13. The molecular formula is C18H17N3O2S. The van der Waals surface area contributed by atoms with Crippen LogP contribution in [0.25, 0.3) is 10.6 Å². The van der Waals surface area contributed by atoms with Gasteiger partial charge in [0.05, 0.1) is 10.9 Å². The first-order chi connectivity index (χ1) is 11.7. The number of hydrogen-bond donors (Lipinski definition) is 0. The minimum atomic E-state index is -0.0830. The first kappa shape index (κ1) is 15.1. The molecule has 0 spiro atoms. The van der Waals surface area contributed by atoms with Crippen LogP contribution >= 0.6 is 11.3 Å². The summed E-state index contributed by atoms with van der Waals surface area (Å²) >= 11 is 1.56. The molecule has 5 nitrogen and oxygen atoms in total. The minimum absolute atomic E-state index is 0.0411. The van der Waals surface area contributed by atoms with Crippen molar-refractivity contribution in [3.8, 4) is 10.6 Å². The van der Waals surface area contributed by atoms with E-state index in [2.05, 4.69) is 10.1 Å². The van der Waals surface area contributed by atoms with Crippen LogP contribution in [0.1, 0.15) is 41.9 Å². The van der Waals surface area contributed by atoms with Gasteiger partial charge in [0.2, 0.25) is 0 Å². The summed E-state index contributed by atoms with van der Waals surface area (Å²) in [6.07, 6.45) is 5.62. The normalized spacial score (nSPS) is 15.2. The zero-order chi connectivity index (χ0) is 16.5. The van der Waals surface area contributed by atoms with Crippen molar-refractivity contribution in [2.24, 2.45) is 0 Å². The third-order valence-electron chi connectivity index (χ3n) is 4.25. The van der Waals surface area contributed by atoms with Gasteiger partial charge in [0, 0.05) is 24.5 Å². The third-order valence-corrected chi connectivity index (χ3v) is 5.14.